The average molecular weight is 895 g/mol. The molecule has 334 valence electrons. The normalized spacial score (nSPS) is 19.9. The Kier molecular flexibility index (Phi) is 15.1. The summed E-state index contributed by atoms with van der Waals surface area (Å²) in [5.41, 5.74) is 1.89. The van der Waals surface area contributed by atoms with Crippen LogP contribution in [0.2, 0.25) is 0 Å². The van der Waals surface area contributed by atoms with Gasteiger partial charge in [-0.25, -0.2) is 14.0 Å². The third-order valence-electron chi connectivity index (χ3n) is 12.1. The largest absolute Gasteiger partial charge is 0.462 e. The maximum Gasteiger partial charge on any atom is 0.355 e. The molecule has 17 heteroatoms. The maximum absolute atomic E-state index is 15.7. The molecule has 0 radical (unpaired) electrons. The number of benzene rings is 1. The van der Waals surface area contributed by atoms with Gasteiger partial charge < -0.3 is 34.1 Å². The minimum absolute atomic E-state index is 0.0126. The van der Waals surface area contributed by atoms with E-state index in [9.17, 15) is 33.9 Å². The Hall–Kier alpha value is -4.74. The third kappa shape index (κ3) is 10.2. The number of esters is 3. The Morgan fingerprint density at radius 1 is 0.935 bits per heavy atom. The van der Waals surface area contributed by atoms with Crippen LogP contribution in [-0.4, -0.2) is 100 Å². The number of carbonyl (C=O) groups is 5. The van der Waals surface area contributed by atoms with Crippen LogP contribution in [-0.2, 0) is 46.2 Å². The molecule has 3 atom stereocenters. The fourth-order valence-corrected chi connectivity index (χ4v) is 10.7. The predicted octanol–water partition coefficient (Wildman–Crippen LogP) is 5.95. The Morgan fingerprint density at radius 2 is 1.61 bits per heavy atom. The van der Waals surface area contributed by atoms with Gasteiger partial charge in [0.2, 0.25) is 11.3 Å². The van der Waals surface area contributed by atoms with E-state index in [0.717, 1.165) is 55.4 Å². The van der Waals surface area contributed by atoms with Crippen LogP contribution in [0.1, 0.15) is 111 Å². The second kappa shape index (κ2) is 20.6. The van der Waals surface area contributed by atoms with E-state index in [4.69, 9.17) is 14.2 Å². The number of piperidine rings is 1. The van der Waals surface area contributed by atoms with Crippen LogP contribution in [0.25, 0.3) is 10.9 Å². The first-order chi connectivity index (χ1) is 29.9. The number of rotatable bonds is 19. The molecule has 0 spiro atoms. The number of anilines is 1. The first-order valence-electron chi connectivity index (χ1n) is 21.7. The number of hydrogen-bond donors (Lipinski definition) is 2. The lowest BCUT2D eigenvalue weighted by atomic mass is 9.93. The number of pyridine rings is 1. The summed E-state index contributed by atoms with van der Waals surface area (Å²) in [6, 6.07) is 4.22. The van der Waals surface area contributed by atoms with E-state index in [1.807, 2.05) is 33.9 Å². The Labute approximate surface area is 368 Å². The number of ether oxygens (including phenoxy) is 3. The van der Waals surface area contributed by atoms with Crippen LogP contribution in [0, 0.1) is 5.82 Å². The molecule has 2 N–H and O–H groups in total. The minimum Gasteiger partial charge on any atom is -0.462 e. The molecule has 2 fully saturated rings. The number of thioether (sulfide) groups is 1. The number of fused-ring (bicyclic) bond motifs is 1. The highest BCUT2D eigenvalue weighted by Gasteiger charge is 2.54. The van der Waals surface area contributed by atoms with Crippen molar-refractivity contribution in [2.45, 2.75) is 121 Å². The number of halogens is 1. The molecule has 3 aromatic rings. The smallest absolute Gasteiger partial charge is 0.355 e. The van der Waals surface area contributed by atoms with Gasteiger partial charge in [-0.05, 0) is 63.0 Å². The number of nitrogens with zero attached hydrogens (tertiary/aromatic N) is 3. The van der Waals surface area contributed by atoms with Crippen LogP contribution >= 0.6 is 23.1 Å². The molecule has 0 saturated carbocycles. The van der Waals surface area contributed by atoms with Crippen LogP contribution < -0.4 is 15.6 Å². The summed E-state index contributed by atoms with van der Waals surface area (Å²) in [6.07, 6.45) is 10.6. The standard InChI is InChI=1S/C45H55FN4O10S2/c1-27-13-14-32-39-33(23-35(46)40(32)48-17-15-30(52)16-18-48)41(54)34(24-49(27)39)44(56)58-19-9-7-5-3-4-6-8-10-20-59-45(57)38-29(25-60-28(2)51)26-62-43-37(42(55)50(38)43)47-36(53)22-31-12-11-21-61-31/h11-12,21,23-24,27,30,37,43,52H,3-10,13-20,22,25-26H2,1-2H3,(H,47,53)/t27?,37-,43-/m1/s1. The molecule has 0 aliphatic carbocycles. The first-order valence-corrected chi connectivity index (χ1v) is 23.6. The second-order valence-electron chi connectivity index (χ2n) is 16.5. The van der Waals surface area contributed by atoms with Gasteiger partial charge in [0, 0.05) is 59.4 Å². The Bertz CT molecular complexity index is 2250. The molecule has 4 aliphatic heterocycles. The zero-order valence-corrected chi connectivity index (χ0v) is 36.9. The minimum atomic E-state index is -0.766. The Morgan fingerprint density at radius 3 is 2.27 bits per heavy atom. The lowest BCUT2D eigenvalue weighted by molar-refractivity contribution is -0.153. The van der Waals surface area contributed by atoms with E-state index in [1.165, 1.54) is 41.0 Å². The van der Waals surface area contributed by atoms with Gasteiger partial charge in [0.25, 0.3) is 5.91 Å². The number of amides is 2. The highest BCUT2D eigenvalue weighted by molar-refractivity contribution is 8.00. The molecule has 4 aliphatic rings. The summed E-state index contributed by atoms with van der Waals surface area (Å²) in [6.45, 7) is 4.57. The maximum atomic E-state index is 15.7. The van der Waals surface area contributed by atoms with Crippen molar-refractivity contribution in [2.75, 3.05) is 43.6 Å². The van der Waals surface area contributed by atoms with Crippen molar-refractivity contribution in [3.63, 3.8) is 0 Å². The van der Waals surface area contributed by atoms with E-state index >= 15 is 4.39 Å². The topological polar surface area (TPSA) is 174 Å². The SMILES string of the molecule is CC(=O)OCC1=C(C(=O)OCCCCCCCCCCOC(=O)c2cn3c4c(c(N5CCC(O)CC5)c(F)cc4c2=O)CCC3C)N2C(=O)[C@@H](NC(=O)Cc3cccs3)[C@H]2SC1. The van der Waals surface area contributed by atoms with Gasteiger partial charge in [0.05, 0.1) is 36.9 Å². The molecule has 2 amide bonds. The summed E-state index contributed by atoms with van der Waals surface area (Å²) >= 11 is 2.85. The van der Waals surface area contributed by atoms with Crippen molar-refractivity contribution in [3.05, 3.63) is 73.1 Å². The zero-order valence-electron chi connectivity index (χ0n) is 35.3. The fourth-order valence-electron chi connectivity index (χ4n) is 8.72. The van der Waals surface area contributed by atoms with Gasteiger partial charge in [-0.3, -0.25) is 24.1 Å². The third-order valence-corrected chi connectivity index (χ3v) is 14.3. The van der Waals surface area contributed by atoms with Crippen LogP contribution in [0.4, 0.5) is 10.1 Å². The summed E-state index contributed by atoms with van der Waals surface area (Å²) < 4.78 is 33.9. The number of aliphatic hydroxyl groups excluding tert-OH is 1. The van der Waals surface area contributed by atoms with Gasteiger partial charge in [0.1, 0.15) is 35.1 Å². The number of aryl methyl sites for hydroxylation is 1. The van der Waals surface area contributed by atoms with Crippen molar-refractivity contribution in [1.82, 2.24) is 14.8 Å². The lowest BCUT2D eigenvalue weighted by Crippen LogP contribution is -2.70. The molecule has 6 heterocycles. The summed E-state index contributed by atoms with van der Waals surface area (Å²) in [7, 11) is 0. The van der Waals surface area contributed by atoms with Crippen molar-refractivity contribution >= 4 is 69.4 Å². The van der Waals surface area contributed by atoms with Gasteiger partial charge in [-0.1, -0.05) is 44.6 Å². The fraction of sp³-hybridized carbons (Fsp3) is 0.556. The van der Waals surface area contributed by atoms with Crippen LogP contribution in [0.15, 0.2) is 45.8 Å². The number of aromatic nitrogens is 1. The molecule has 2 saturated heterocycles. The molecule has 1 aromatic carbocycles. The van der Waals surface area contributed by atoms with Crippen molar-refractivity contribution in [2.24, 2.45) is 0 Å². The van der Waals surface area contributed by atoms with Gasteiger partial charge in [-0.15, -0.1) is 23.1 Å². The summed E-state index contributed by atoms with van der Waals surface area (Å²) in [4.78, 5) is 81.7. The molecule has 14 nitrogen and oxygen atoms in total. The summed E-state index contributed by atoms with van der Waals surface area (Å²) in [5, 5.41) is 14.4. The first kappa shape index (κ1) is 45.3. The predicted molar refractivity (Wildman–Crippen MR) is 234 cm³/mol. The number of carbonyl (C=O) groups excluding carboxylic acids is 5. The van der Waals surface area contributed by atoms with Gasteiger partial charge in [-0.2, -0.15) is 0 Å². The Balaban J connectivity index is 0.811. The van der Waals surface area contributed by atoms with Crippen LogP contribution in [0.5, 0.6) is 0 Å². The molecule has 62 heavy (non-hydrogen) atoms. The zero-order chi connectivity index (χ0) is 43.9. The van der Waals surface area contributed by atoms with Gasteiger partial charge in [0.15, 0.2) is 0 Å². The molecule has 7 rings (SSSR count). The van der Waals surface area contributed by atoms with E-state index in [-0.39, 0.29) is 54.8 Å². The number of unbranched alkanes of at least 4 members (excludes halogenated alkanes) is 7. The van der Waals surface area contributed by atoms with Gasteiger partial charge >= 0.3 is 17.9 Å². The van der Waals surface area contributed by atoms with E-state index in [0.29, 0.717) is 67.7 Å². The van der Waals surface area contributed by atoms with Crippen LogP contribution in [0.3, 0.4) is 0 Å². The number of thiophene rings is 1. The summed E-state index contributed by atoms with van der Waals surface area (Å²) in [5.74, 6) is -2.69. The molecule has 2 aromatic heterocycles. The van der Waals surface area contributed by atoms with E-state index in [2.05, 4.69) is 5.32 Å². The number of β-lactam (4-membered cyclic amide) rings is 1. The number of nitrogens with one attached hydrogen (secondary N) is 1. The van der Waals surface area contributed by atoms with Crippen molar-refractivity contribution in [1.29, 1.82) is 0 Å². The quantitative estimate of drug-likeness (QED) is 0.0628. The average Bonchev–Trinajstić information content (AvgIpc) is 3.77. The van der Waals surface area contributed by atoms with E-state index < -0.39 is 52.6 Å². The molecule has 0 bridgehead atoms. The molecular weight excluding hydrogens is 840 g/mol. The second-order valence-corrected chi connectivity index (χ2v) is 18.6. The molecular formula is C45H55FN4O10S2. The number of hydrogen-bond acceptors (Lipinski definition) is 13. The van der Waals surface area contributed by atoms with E-state index in [1.54, 1.807) is 6.20 Å². The molecule has 1 unspecified atom stereocenters. The monoisotopic (exact) mass is 894 g/mol. The highest BCUT2D eigenvalue weighted by atomic mass is 32.2. The van der Waals surface area contributed by atoms with Crippen molar-refractivity contribution in [3.8, 4) is 0 Å². The highest BCUT2D eigenvalue weighted by Crippen LogP contribution is 2.41. The van der Waals surface area contributed by atoms with Crippen molar-refractivity contribution < 1.29 is 47.7 Å². The number of aliphatic hydroxyl groups is 1. The lowest BCUT2D eigenvalue weighted by Gasteiger charge is -2.49.